The van der Waals surface area contributed by atoms with E-state index in [1.54, 1.807) is 36.4 Å². The lowest BCUT2D eigenvalue weighted by atomic mass is 9.95. The van der Waals surface area contributed by atoms with Gasteiger partial charge in [-0.15, -0.1) is 0 Å². The van der Waals surface area contributed by atoms with E-state index in [1.165, 1.54) is 12.5 Å². The minimum absolute atomic E-state index is 0.000471. The maximum Gasteiger partial charge on any atom is 0.262 e. The molecule has 1 aliphatic carbocycles. The fraction of sp³-hybridized carbons (Fsp3) is 0.320. The van der Waals surface area contributed by atoms with Gasteiger partial charge in [-0.25, -0.2) is 0 Å². The van der Waals surface area contributed by atoms with Crippen LogP contribution in [0.25, 0.3) is 6.08 Å². The molecule has 0 spiro atoms. The van der Waals surface area contributed by atoms with E-state index < -0.39 is 5.91 Å². The molecule has 0 aliphatic heterocycles. The smallest absolute Gasteiger partial charge is 0.262 e. The Labute approximate surface area is 193 Å². The molecule has 0 saturated heterocycles. The predicted molar refractivity (Wildman–Crippen MR) is 124 cm³/mol. The fourth-order valence-electron chi connectivity index (χ4n) is 3.52. The van der Waals surface area contributed by atoms with Gasteiger partial charge in [-0.3, -0.25) is 9.59 Å². The Morgan fingerprint density at radius 2 is 1.75 bits per heavy atom. The predicted octanol–water partition coefficient (Wildman–Crippen LogP) is 4.39. The fourth-order valence-corrected chi connectivity index (χ4v) is 3.65. The number of rotatable bonds is 8. The Morgan fingerprint density at radius 3 is 2.41 bits per heavy atom. The zero-order valence-corrected chi connectivity index (χ0v) is 18.5. The second kappa shape index (κ2) is 11.9. The van der Waals surface area contributed by atoms with E-state index in [2.05, 4.69) is 10.6 Å². The van der Waals surface area contributed by atoms with Crippen LogP contribution >= 0.6 is 11.6 Å². The van der Waals surface area contributed by atoms with Gasteiger partial charge in [-0.1, -0.05) is 55.1 Å². The molecule has 0 bridgehead atoms. The Hall–Kier alpha value is -3.30. The van der Waals surface area contributed by atoms with E-state index in [4.69, 9.17) is 16.3 Å². The summed E-state index contributed by atoms with van der Waals surface area (Å²) < 4.78 is 5.55. The number of hydrogen-bond acceptors (Lipinski definition) is 4. The highest BCUT2D eigenvalue weighted by Gasteiger charge is 2.15. The summed E-state index contributed by atoms with van der Waals surface area (Å²) in [5, 5.41) is 15.7. The van der Waals surface area contributed by atoms with Gasteiger partial charge in [0.25, 0.3) is 11.8 Å². The maximum atomic E-state index is 12.3. The SMILES string of the molecule is N#C/C(=C\c1ccc(OCC(=O)NC2CCCCC2)cc1)C(=O)NCc1ccc(Cl)cc1. The van der Waals surface area contributed by atoms with Crippen LogP contribution in [-0.2, 0) is 16.1 Å². The highest BCUT2D eigenvalue weighted by molar-refractivity contribution is 6.30. The van der Waals surface area contributed by atoms with Crippen LogP contribution < -0.4 is 15.4 Å². The molecule has 7 heteroatoms. The molecule has 0 heterocycles. The van der Waals surface area contributed by atoms with Crippen molar-refractivity contribution in [2.45, 2.75) is 44.7 Å². The molecule has 1 fully saturated rings. The van der Waals surface area contributed by atoms with Crippen molar-refractivity contribution in [1.82, 2.24) is 10.6 Å². The van der Waals surface area contributed by atoms with Crippen molar-refractivity contribution in [3.8, 4) is 11.8 Å². The molecule has 2 amide bonds. The van der Waals surface area contributed by atoms with Crippen molar-refractivity contribution < 1.29 is 14.3 Å². The van der Waals surface area contributed by atoms with Gasteiger partial charge in [0.15, 0.2) is 6.61 Å². The molecule has 2 aromatic carbocycles. The van der Waals surface area contributed by atoms with Gasteiger partial charge < -0.3 is 15.4 Å². The third-order valence-corrected chi connectivity index (χ3v) is 5.51. The van der Waals surface area contributed by atoms with Crippen molar-refractivity contribution in [2.24, 2.45) is 0 Å². The first-order valence-electron chi connectivity index (χ1n) is 10.7. The maximum absolute atomic E-state index is 12.3. The highest BCUT2D eigenvalue weighted by Crippen LogP contribution is 2.18. The van der Waals surface area contributed by atoms with Crippen LogP contribution in [0.4, 0.5) is 0 Å². The summed E-state index contributed by atoms with van der Waals surface area (Å²) >= 11 is 5.86. The van der Waals surface area contributed by atoms with Gasteiger partial charge in [0.2, 0.25) is 0 Å². The molecule has 2 N–H and O–H groups in total. The van der Waals surface area contributed by atoms with Crippen molar-refractivity contribution in [2.75, 3.05) is 6.61 Å². The minimum atomic E-state index is -0.456. The third kappa shape index (κ3) is 7.44. The van der Waals surface area contributed by atoms with Gasteiger partial charge in [-0.05, 0) is 54.3 Å². The van der Waals surface area contributed by atoms with Crippen LogP contribution in [0.15, 0.2) is 54.1 Å². The number of nitriles is 1. The highest BCUT2D eigenvalue weighted by atomic mass is 35.5. The number of ether oxygens (including phenoxy) is 1. The summed E-state index contributed by atoms with van der Waals surface area (Å²) in [6, 6.07) is 16.2. The normalized spacial score (nSPS) is 14.3. The summed E-state index contributed by atoms with van der Waals surface area (Å²) in [5.41, 5.74) is 1.57. The molecular weight excluding hydrogens is 426 g/mol. The Morgan fingerprint density at radius 1 is 1.06 bits per heavy atom. The van der Waals surface area contributed by atoms with Crippen molar-refractivity contribution >= 4 is 29.5 Å². The zero-order chi connectivity index (χ0) is 22.8. The Balaban J connectivity index is 1.49. The van der Waals surface area contributed by atoms with Crippen LogP contribution in [0.5, 0.6) is 5.75 Å². The summed E-state index contributed by atoms with van der Waals surface area (Å²) in [4.78, 5) is 24.4. The third-order valence-electron chi connectivity index (χ3n) is 5.26. The van der Waals surface area contributed by atoms with Crippen LogP contribution in [0.3, 0.4) is 0 Å². The van der Waals surface area contributed by atoms with Gasteiger partial charge in [0.1, 0.15) is 17.4 Å². The molecule has 166 valence electrons. The molecule has 2 aromatic rings. The van der Waals surface area contributed by atoms with Gasteiger partial charge in [-0.2, -0.15) is 5.26 Å². The molecule has 0 radical (unpaired) electrons. The van der Waals surface area contributed by atoms with Gasteiger partial charge >= 0.3 is 0 Å². The first-order valence-corrected chi connectivity index (χ1v) is 11.1. The lowest BCUT2D eigenvalue weighted by Gasteiger charge is -2.22. The number of carbonyl (C=O) groups is 2. The molecule has 1 saturated carbocycles. The standard InChI is InChI=1S/C25H26ClN3O3/c26-21-10-6-19(7-11-21)16-28-25(31)20(15-27)14-18-8-12-23(13-9-18)32-17-24(30)29-22-4-2-1-3-5-22/h6-14,22H,1-5,16-17H2,(H,28,31)(H,29,30)/b20-14+. The number of nitrogens with zero attached hydrogens (tertiary/aromatic N) is 1. The van der Waals surface area contributed by atoms with Crippen LogP contribution in [-0.4, -0.2) is 24.5 Å². The molecule has 0 atom stereocenters. The quantitative estimate of drug-likeness (QED) is 0.460. The van der Waals surface area contributed by atoms with Crippen molar-refractivity contribution in [3.05, 3.63) is 70.3 Å². The number of nitrogens with one attached hydrogen (secondary N) is 2. The number of amides is 2. The second-order valence-electron chi connectivity index (χ2n) is 7.74. The van der Waals surface area contributed by atoms with Crippen molar-refractivity contribution in [1.29, 1.82) is 5.26 Å². The van der Waals surface area contributed by atoms with E-state index in [0.717, 1.165) is 31.2 Å². The first kappa shape index (κ1) is 23.4. The van der Waals surface area contributed by atoms with E-state index in [1.807, 2.05) is 18.2 Å². The second-order valence-corrected chi connectivity index (χ2v) is 8.18. The number of halogens is 1. The Kier molecular flexibility index (Phi) is 8.70. The van der Waals surface area contributed by atoms with Gasteiger partial charge in [0, 0.05) is 17.6 Å². The Bertz CT molecular complexity index is 989. The topological polar surface area (TPSA) is 91.2 Å². The van der Waals surface area contributed by atoms with Crippen LogP contribution in [0, 0.1) is 11.3 Å². The van der Waals surface area contributed by atoms with Crippen LogP contribution in [0.1, 0.15) is 43.2 Å². The number of carbonyl (C=O) groups excluding carboxylic acids is 2. The minimum Gasteiger partial charge on any atom is -0.484 e. The number of hydrogen-bond donors (Lipinski definition) is 2. The van der Waals surface area contributed by atoms with E-state index in [-0.39, 0.29) is 24.1 Å². The lowest BCUT2D eigenvalue weighted by Crippen LogP contribution is -2.38. The molecule has 3 rings (SSSR count). The average molecular weight is 452 g/mol. The largest absolute Gasteiger partial charge is 0.484 e. The van der Waals surface area contributed by atoms with E-state index >= 15 is 0 Å². The number of benzene rings is 2. The summed E-state index contributed by atoms with van der Waals surface area (Å²) in [6.07, 6.45) is 7.12. The summed E-state index contributed by atoms with van der Waals surface area (Å²) in [6.45, 7) is 0.257. The molecule has 6 nitrogen and oxygen atoms in total. The molecule has 0 aromatic heterocycles. The van der Waals surface area contributed by atoms with Crippen molar-refractivity contribution in [3.63, 3.8) is 0 Å². The van der Waals surface area contributed by atoms with Crippen LogP contribution in [0.2, 0.25) is 5.02 Å². The summed E-state index contributed by atoms with van der Waals surface area (Å²) in [7, 11) is 0. The lowest BCUT2D eigenvalue weighted by molar-refractivity contribution is -0.124. The first-order chi connectivity index (χ1) is 15.5. The van der Waals surface area contributed by atoms with Gasteiger partial charge in [0.05, 0.1) is 0 Å². The summed E-state index contributed by atoms with van der Waals surface area (Å²) in [5.74, 6) is -0.0289. The molecule has 1 aliphatic rings. The molecule has 32 heavy (non-hydrogen) atoms. The van der Waals surface area contributed by atoms with E-state index in [9.17, 15) is 14.9 Å². The molecular formula is C25H26ClN3O3. The van der Waals surface area contributed by atoms with E-state index in [0.29, 0.717) is 22.9 Å². The monoisotopic (exact) mass is 451 g/mol. The molecule has 0 unspecified atom stereocenters. The zero-order valence-electron chi connectivity index (χ0n) is 17.8. The average Bonchev–Trinajstić information content (AvgIpc) is 2.82.